The highest BCUT2D eigenvalue weighted by Gasteiger charge is 2.26. The van der Waals surface area contributed by atoms with Crippen molar-refractivity contribution in [3.05, 3.63) is 35.9 Å². The molecule has 0 aliphatic carbocycles. The second-order valence-electron chi connectivity index (χ2n) is 4.26. The Bertz CT molecular complexity index is 444. The van der Waals surface area contributed by atoms with E-state index in [0.29, 0.717) is 26.1 Å². The first kappa shape index (κ1) is 16.1. The minimum atomic E-state index is -0.523. The maximum absolute atomic E-state index is 12.1. The van der Waals surface area contributed by atoms with Gasteiger partial charge in [0, 0.05) is 26.6 Å². The monoisotopic (exact) mass is 276 g/mol. The highest BCUT2D eigenvalue weighted by molar-refractivity contribution is 5.82. The second kappa shape index (κ2) is 9.04. The lowest BCUT2D eigenvalue weighted by atomic mass is 10.0. The number of nitriles is 1. The molecule has 0 spiro atoms. The molecule has 1 unspecified atom stereocenters. The van der Waals surface area contributed by atoms with Crippen LogP contribution >= 0.6 is 0 Å². The molecule has 0 heterocycles. The van der Waals surface area contributed by atoms with Crippen LogP contribution in [-0.2, 0) is 9.53 Å². The summed E-state index contributed by atoms with van der Waals surface area (Å²) < 4.78 is 5.06. The van der Waals surface area contributed by atoms with Crippen LogP contribution in [-0.4, -0.2) is 37.6 Å². The van der Waals surface area contributed by atoms with Gasteiger partial charge in [-0.05, 0) is 5.56 Å². The topological polar surface area (TPSA) is 91.4 Å². The molecule has 3 N–H and O–H groups in total. The van der Waals surface area contributed by atoms with E-state index in [9.17, 15) is 4.79 Å². The summed E-state index contributed by atoms with van der Waals surface area (Å²) in [6.45, 7) is 1.50. The highest BCUT2D eigenvalue weighted by Crippen LogP contribution is 2.20. The molecule has 0 saturated carbocycles. The van der Waals surface area contributed by atoms with Gasteiger partial charge in [-0.3, -0.25) is 15.1 Å². The molecule has 0 saturated heterocycles. The fraction of sp³-hybridized carbons (Fsp3) is 0.429. The SMILES string of the molecule is COCCN(CCC#N)C(C(=O)NN)c1ccccc1. The maximum atomic E-state index is 12.1. The average molecular weight is 276 g/mol. The van der Waals surface area contributed by atoms with Crippen LogP contribution in [0.4, 0.5) is 0 Å². The smallest absolute Gasteiger partial charge is 0.255 e. The predicted octanol–water partition coefficient (Wildman–Crippen LogP) is 0.580. The zero-order valence-electron chi connectivity index (χ0n) is 11.6. The van der Waals surface area contributed by atoms with Crippen LogP contribution in [0.3, 0.4) is 0 Å². The minimum Gasteiger partial charge on any atom is -0.383 e. The van der Waals surface area contributed by atoms with E-state index >= 15 is 0 Å². The summed E-state index contributed by atoms with van der Waals surface area (Å²) in [6.07, 6.45) is 0.338. The number of nitrogens with two attached hydrogens (primary N) is 1. The first-order valence-corrected chi connectivity index (χ1v) is 6.40. The number of hydrogen-bond donors (Lipinski definition) is 2. The summed E-state index contributed by atoms with van der Waals surface area (Å²) in [6, 6.07) is 10.9. The van der Waals surface area contributed by atoms with E-state index in [1.54, 1.807) is 7.11 Å². The van der Waals surface area contributed by atoms with E-state index in [1.165, 1.54) is 0 Å². The molecule has 1 amide bonds. The minimum absolute atomic E-state index is 0.301. The molecule has 0 bridgehead atoms. The quantitative estimate of drug-likeness (QED) is 0.412. The van der Waals surface area contributed by atoms with Crippen LogP contribution in [0.15, 0.2) is 30.3 Å². The fourth-order valence-electron chi connectivity index (χ4n) is 2.01. The van der Waals surface area contributed by atoms with Crippen molar-refractivity contribution in [2.75, 3.05) is 26.8 Å². The molecule has 0 aromatic heterocycles. The van der Waals surface area contributed by atoms with Crippen molar-refractivity contribution in [1.82, 2.24) is 10.3 Å². The molecule has 1 rings (SSSR count). The van der Waals surface area contributed by atoms with E-state index in [0.717, 1.165) is 5.56 Å². The zero-order chi connectivity index (χ0) is 14.8. The molecular weight excluding hydrogens is 256 g/mol. The van der Waals surface area contributed by atoms with Crippen LogP contribution in [0.1, 0.15) is 18.0 Å². The summed E-state index contributed by atoms with van der Waals surface area (Å²) in [4.78, 5) is 14.0. The first-order chi connectivity index (χ1) is 9.74. The van der Waals surface area contributed by atoms with E-state index in [2.05, 4.69) is 11.5 Å². The Labute approximate surface area is 119 Å². The molecule has 108 valence electrons. The molecule has 1 atom stereocenters. The van der Waals surface area contributed by atoms with Gasteiger partial charge in [0.05, 0.1) is 12.7 Å². The molecule has 0 radical (unpaired) electrons. The lowest BCUT2D eigenvalue weighted by molar-refractivity contribution is -0.127. The summed E-state index contributed by atoms with van der Waals surface area (Å²) in [5.41, 5.74) is 3.03. The first-order valence-electron chi connectivity index (χ1n) is 6.40. The number of methoxy groups -OCH3 is 1. The molecular formula is C14H20N4O2. The number of rotatable bonds is 8. The Morgan fingerprint density at radius 1 is 1.45 bits per heavy atom. The van der Waals surface area contributed by atoms with Crippen LogP contribution < -0.4 is 11.3 Å². The van der Waals surface area contributed by atoms with E-state index in [4.69, 9.17) is 15.8 Å². The number of nitrogens with zero attached hydrogens (tertiary/aromatic N) is 2. The number of ether oxygens (including phenoxy) is 1. The van der Waals surface area contributed by atoms with Crippen LogP contribution in [0.2, 0.25) is 0 Å². The van der Waals surface area contributed by atoms with Gasteiger partial charge in [-0.2, -0.15) is 5.26 Å². The van der Waals surface area contributed by atoms with Gasteiger partial charge in [-0.15, -0.1) is 0 Å². The van der Waals surface area contributed by atoms with Gasteiger partial charge in [0.25, 0.3) is 5.91 Å². The number of amides is 1. The Hall–Kier alpha value is -1.94. The standard InChI is InChI=1S/C14H20N4O2/c1-20-11-10-18(9-5-8-15)13(14(19)17-16)12-6-3-2-4-7-12/h2-4,6-7,13H,5,9-11,16H2,1H3,(H,17,19). The number of benzene rings is 1. The van der Waals surface area contributed by atoms with Crippen molar-refractivity contribution in [3.63, 3.8) is 0 Å². The molecule has 1 aromatic rings. The largest absolute Gasteiger partial charge is 0.383 e. The Morgan fingerprint density at radius 3 is 2.70 bits per heavy atom. The van der Waals surface area contributed by atoms with E-state index < -0.39 is 6.04 Å². The van der Waals surface area contributed by atoms with Crippen molar-refractivity contribution < 1.29 is 9.53 Å². The molecule has 0 aliphatic heterocycles. The van der Waals surface area contributed by atoms with Gasteiger partial charge in [0.1, 0.15) is 6.04 Å². The van der Waals surface area contributed by atoms with Crippen molar-refractivity contribution in [3.8, 4) is 6.07 Å². The van der Waals surface area contributed by atoms with Crippen LogP contribution in [0.5, 0.6) is 0 Å². The average Bonchev–Trinajstić information content (AvgIpc) is 2.50. The summed E-state index contributed by atoms with van der Waals surface area (Å²) in [7, 11) is 1.60. The fourth-order valence-corrected chi connectivity index (χ4v) is 2.01. The number of carbonyl (C=O) groups is 1. The lowest BCUT2D eigenvalue weighted by Crippen LogP contribution is -2.44. The Balaban J connectivity index is 2.98. The van der Waals surface area contributed by atoms with Gasteiger partial charge in [-0.25, -0.2) is 5.84 Å². The molecule has 0 fully saturated rings. The molecule has 1 aromatic carbocycles. The van der Waals surface area contributed by atoms with Gasteiger partial charge >= 0.3 is 0 Å². The van der Waals surface area contributed by atoms with Gasteiger partial charge in [0.2, 0.25) is 0 Å². The third-order valence-corrected chi connectivity index (χ3v) is 2.96. The molecule has 20 heavy (non-hydrogen) atoms. The lowest BCUT2D eigenvalue weighted by Gasteiger charge is -2.29. The zero-order valence-corrected chi connectivity index (χ0v) is 11.6. The Kier molecular flexibility index (Phi) is 7.29. The third-order valence-electron chi connectivity index (χ3n) is 2.96. The van der Waals surface area contributed by atoms with Gasteiger partial charge in [0.15, 0.2) is 0 Å². The second-order valence-corrected chi connectivity index (χ2v) is 4.26. The van der Waals surface area contributed by atoms with Crippen molar-refractivity contribution >= 4 is 5.91 Å². The summed E-state index contributed by atoms with van der Waals surface area (Å²) in [5, 5.41) is 8.76. The number of carbonyl (C=O) groups excluding carboxylic acids is 1. The number of hydrogen-bond acceptors (Lipinski definition) is 5. The number of nitrogens with one attached hydrogen (secondary N) is 1. The summed E-state index contributed by atoms with van der Waals surface area (Å²) in [5.74, 6) is 4.98. The van der Waals surface area contributed by atoms with Crippen molar-refractivity contribution in [2.24, 2.45) is 5.84 Å². The van der Waals surface area contributed by atoms with Crippen LogP contribution in [0, 0.1) is 11.3 Å². The maximum Gasteiger partial charge on any atom is 0.255 e. The van der Waals surface area contributed by atoms with Crippen molar-refractivity contribution in [1.29, 1.82) is 5.26 Å². The normalized spacial score (nSPS) is 11.9. The number of hydrazine groups is 1. The molecule has 6 nitrogen and oxygen atoms in total. The third kappa shape index (κ3) is 4.63. The van der Waals surface area contributed by atoms with Crippen molar-refractivity contribution in [2.45, 2.75) is 12.5 Å². The Morgan fingerprint density at radius 2 is 2.15 bits per heavy atom. The van der Waals surface area contributed by atoms with Gasteiger partial charge in [-0.1, -0.05) is 30.3 Å². The summed E-state index contributed by atoms with van der Waals surface area (Å²) >= 11 is 0. The van der Waals surface area contributed by atoms with E-state index in [-0.39, 0.29) is 5.91 Å². The molecule has 0 aliphatic rings. The predicted molar refractivity (Wildman–Crippen MR) is 75.2 cm³/mol. The molecule has 6 heteroatoms. The highest BCUT2D eigenvalue weighted by atomic mass is 16.5. The van der Waals surface area contributed by atoms with E-state index in [1.807, 2.05) is 35.2 Å². The van der Waals surface area contributed by atoms with Crippen LogP contribution in [0.25, 0.3) is 0 Å². The van der Waals surface area contributed by atoms with Gasteiger partial charge < -0.3 is 4.74 Å².